The van der Waals surface area contributed by atoms with Crippen molar-refractivity contribution in [1.82, 2.24) is 0 Å². The molecule has 4 saturated carbocycles. The Morgan fingerprint density at radius 1 is 1.03 bits per heavy atom. The van der Waals surface area contributed by atoms with Gasteiger partial charge in [-0.2, -0.15) is 0 Å². The van der Waals surface area contributed by atoms with Gasteiger partial charge in [0.15, 0.2) is 0 Å². The Hall–Kier alpha value is -0.610. The van der Waals surface area contributed by atoms with Crippen molar-refractivity contribution in [3.8, 4) is 0 Å². The highest BCUT2D eigenvalue weighted by atomic mass is 16.5. The summed E-state index contributed by atoms with van der Waals surface area (Å²) in [7, 11) is 1.48. The SMILES string of the molecule is COC(=O)CC[C@@H](C)C1CC[C@H]2[C@@H]3[C@H](O)CC4C[C@H](O)CCC4(C)[C@H]3CCC12C. The van der Waals surface area contributed by atoms with Crippen LogP contribution in [0.3, 0.4) is 0 Å². The molecule has 4 nitrogen and oxygen atoms in total. The molecule has 2 N–H and O–H groups in total. The van der Waals surface area contributed by atoms with Crippen molar-refractivity contribution in [2.75, 3.05) is 7.11 Å². The molecule has 4 rings (SSSR count). The predicted octanol–water partition coefficient (Wildman–Crippen LogP) is 4.57. The molecular weight excluding hydrogens is 364 g/mol. The Bertz CT molecular complexity index is 620. The van der Waals surface area contributed by atoms with Crippen LogP contribution in [0.2, 0.25) is 0 Å². The van der Waals surface area contributed by atoms with Crippen LogP contribution in [-0.2, 0) is 9.53 Å². The van der Waals surface area contributed by atoms with E-state index in [4.69, 9.17) is 4.74 Å². The average Bonchev–Trinajstić information content (AvgIpc) is 3.04. The summed E-state index contributed by atoms with van der Waals surface area (Å²) in [5, 5.41) is 21.5. The molecule has 4 aliphatic rings. The number of hydrogen-bond donors (Lipinski definition) is 2. The number of esters is 1. The first-order chi connectivity index (χ1) is 13.7. The predicted molar refractivity (Wildman–Crippen MR) is 113 cm³/mol. The van der Waals surface area contributed by atoms with Gasteiger partial charge in [-0.05, 0) is 104 Å². The normalized spacial score (nSPS) is 50.2. The Kier molecular flexibility index (Phi) is 5.83. The van der Waals surface area contributed by atoms with Crippen LogP contribution in [0, 0.1) is 46.3 Å². The van der Waals surface area contributed by atoms with E-state index in [1.165, 1.54) is 32.8 Å². The van der Waals surface area contributed by atoms with Gasteiger partial charge in [-0.3, -0.25) is 4.79 Å². The average molecular weight is 407 g/mol. The number of rotatable bonds is 4. The van der Waals surface area contributed by atoms with Crippen molar-refractivity contribution in [2.45, 2.75) is 97.2 Å². The number of fused-ring (bicyclic) bond motifs is 5. The van der Waals surface area contributed by atoms with Gasteiger partial charge in [-0.15, -0.1) is 0 Å². The maximum Gasteiger partial charge on any atom is 0.305 e. The Morgan fingerprint density at radius 3 is 2.45 bits per heavy atom. The van der Waals surface area contributed by atoms with E-state index >= 15 is 0 Å². The molecule has 0 saturated heterocycles. The van der Waals surface area contributed by atoms with Gasteiger partial charge in [0.1, 0.15) is 0 Å². The lowest BCUT2D eigenvalue weighted by molar-refractivity contribution is -0.174. The summed E-state index contributed by atoms with van der Waals surface area (Å²) in [4.78, 5) is 11.6. The minimum absolute atomic E-state index is 0.0959. The van der Waals surface area contributed by atoms with Gasteiger partial charge in [0.2, 0.25) is 0 Å². The fourth-order valence-corrected chi connectivity index (χ4v) is 8.82. The van der Waals surface area contributed by atoms with Gasteiger partial charge >= 0.3 is 5.97 Å². The smallest absolute Gasteiger partial charge is 0.305 e. The molecule has 4 heteroatoms. The number of carbonyl (C=O) groups is 1. The Morgan fingerprint density at radius 2 is 1.72 bits per heavy atom. The maximum atomic E-state index is 11.6. The van der Waals surface area contributed by atoms with E-state index in [0.717, 1.165) is 32.1 Å². The minimum Gasteiger partial charge on any atom is -0.469 e. The summed E-state index contributed by atoms with van der Waals surface area (Å²) in [5.74, 6) is 3.17. The summed E-state index contributed by atoms with van der Waals surface area (Å²) in [6, 6.07) is 0. The summed E-state index contributed by atoms with van der Waals surface area (Å²) >= 11 is 0. The van der Waals surface area contributed by atoms with Gasteiger partial charge in [-0.1, -0.05) is 20.8 Å². The topological polar surface area (TPSA) is 66.8 Å². The zero-order valence-corrected chi connectivity index (χ0v) is 18.9. The molecule has 0 amide bonds. The third kappa shape index (κ3) is 3.46. The molecule has 0 aromatic heterocycles. The van der Waals surface area contributed by atoms with Crippen molar-refractivity contribution in [2.24, 2.45) is 46.3 Å². The van der Waals surface area contributed by atoms with E-state index in [0.29, 0.717) is 47.3 Å². The fourth-order valence-electron chi connectivity index (χ4n) is 8.82. The summed E-state index contributed by atoms with van der Waals surface area (Å²) in [5.41, 5.74) is 0.577. The molecule has 29 heavy (non-hydrogen) atoms. The van der Waals surface area contributed by atoms with Crippen LogP contribution in [-0.4, -0.2) is 35.5 Å². The van der Waals surface area contributed by atoms with E-state index in [9.17, 15) is 15.0 Å². The van der Waals surface area contributed by atoms with Crippen LogP contribution in [0.4, 0.5) is 0 Å². The van der Waals surface area contributed by atoms with Crippen molar-refractivity contribution < 1.29 is 19.7 Å². The van der Waals surface area contributed by atoms with Crippen molar-refractivity contribution >= 4 is 5.97 Å². The molecule has 0 radical (unpaired) electrons. The molecule has 4 fully saturated rings. The standard InChI is InChI=1S/C25H42O4/c1-15(5-8-22(28)29-4)18-6-7-19-23-20(10-12-25(18,19)3)24(2)11-9-17(26)13-16(24)14-21(23)27/h15-21,23,26-27H,5-14H2,1-4H3/t15-,16?,17-,18?,19+,20+,21-,23+,24?,25?/m1/s1. The molecule has 4 aliphatic carbocycles. The molecule has 4 unspecified atom stereocenters. The first-order valence-corrected chi connectivity index (χ1v) is 12.1. The van der Waals surface area contributed by atoms with Crippen LogP contribution in [0.5, 0.6) is 0 Å². The molecule has 166 valence electrons. The van der Waals surface area contributed by atoms with Crippen molar-refractivity contribution in [3.63, 3.8) is 0 Å². The zero-order chi connectivity index (χ0) is 21.0. The fraction of sp³-hybridized carbons (Fsp3) is 0.960. The largest absolute Gasteiger partial charge is 0.469 e. The van der Waals surface area contributed by atoms with Gasteiger partial charge in [-0.25, -0.2) is 0 Å². The highest BCUT2D eigenvalue weighted by Gasteiger charge is 2.62. The zero-order valence-electron chi connectivity index (χ0n) is 18.9. The number of ether oxygens (including phenoxy) is 1. The van der Waals surface area contributed by atoms with Crippen LogP contribution in [0.25, 0.3) is 0 Å². The first kappa shape index (κ1) is 21.6. The molecule has 0 bridgehead atoms. The van der Waals surface area contributed by atoms with E-state index in [1.807, 2.05) is 0 Å². The number of aliphatic hydroxyl groups excluding tert-OH is 2. The highest BCUT2D eigenvalue weighted by molar-refractivity contribution is 5.69. The maximum absolute atomic E-state index is 11.6. The number of carbonyl (C=O) groups excluding carboxylic acids is 1. The number of aliphatic hydroxyl groups is 2. The first-order valence-electron chi connectivity index (χ1n) is 12.1. The van der Waals surface area contributed by atoms with E-state index in [2.05, 4.69) is 20.8 Å². The Labute approximate surface area is 176 Å². The third-order valence-electron chi connectivity index (χ3n) is 10.4. The molecule has 10 atom stereocenters. The second-order valence-electron chi connectivity index (χ2n) is 11.5. The summed E-state index contributed by atoms with van der Waals surface area (Å²) in [6.45, 7) is 7.29. The van der Waals surface area contributed by atoms with Gasteiger partial charge in [0.05, 0.1) is 19.3 Å². The lowest BCUT2D eigenvalue weighted by Crippen LogP contribution is -2.58. The van der Waals surface area contributed by atoms with Gasteiger partial charge in [0.25, 0.3) is 0 Å². The van der Waals surface area contributed by atoms with Crippen LogP contribution >= 0.6 is 0 Å². The van der Waals surface area contributed by atoms with Crippen molar-refractivity contribution in [3.05, 3.63) is 0 Å². The second kappa shape index (κ2) is 7.82. The third-order valence-corrected chi connectivity index (χ3v) is 10.4. The minimum atomic E-state index is -0.211. The molecular formula is C25H42O4. The van der Waals surface area contributed by atoms with Crippen LogP contribution in [0.1, 0.15) is 85.0 Å². The van der Waals surface area contributed by atoms with Crippen LogP contribution < -0.4 is 0 Å². The lowest BCUT2D eigenvalue weighted by atomic mass is 9.43. The lowest BCUT2D eigenvalue weighted by Gasteiger charge is -2.62. The molecule has 0 spiro atoms. The molecule has 0 aliphatic heterocycles. The van der Waals surface area contributed by atoms with E-state index in [1.54, 1.807) is 0 Å². The van der Waals surface area contributed by atoms with E-state index in [-0.39, 0.29) is 23.6 Å². The van der Waals surface area contributed by atoms with Crippen molar-refractivity contribution in [1.29, 1.82) is 0 Å². The molecule has 0 aromatic carbocycles. The monoisotopic (exact) mass is 406 g/mol. The Balaban J connectivity index is 1.53. The van der Waals surface area contributed by atoms with Gasteiger partial charge < -0.3 is 14.9 Å². The summed E-state index contributed by atoms with van der Waals surface area (Å²) in [6.07, 6.45) is 9.80. The molecule has 0 aromatic rings. The van der Waals surface area contributed by atoms with E-state index < -0.39 is 0 Å². The number of hydrogen-bond acceptors (Lipinski definition) is 4. The quantitative estimate of drug-likeness (QED) is 0.671. The number of methoxy groups -OCH3 is 1. The molecule has 0 heterocycles. The second-order valence-corrected chi connectivity index (χ2v) is 11.5. The van der Waals surface area contributed by atoms with Gasteiger partial charge in [0, 0.05) is 6.42 Å². The van der Waals surface area contributed by atoms with Crippen LogP contribution in [0.15, 0.2) is 0 Å². The summed E-state index contributed by atoms with van der Waals surface area (Å²) < 4.78 is 4.86. The highest BCUT2D eigenvalue weighted by Crippen LogP contribution is 2.68.